The molecule has 0 aliphatic rings. The van der Waals surface area contributed by atoms with Crippen LogP contribution in [0.15, 0.2) is 6.07 Å². The van der Waals surface area contributed by atoms with Gasteiger partial charge in [-0.2, -0.15) is 0 Å². The van der Waals surface area contributed by atoms with Gasteiger partial charge in [-0.25, -0.2) is 20.8 Å². The maximum atomic E-state index is 13.2. The van der Waals surface area contributed by atoms with E-state index < -0.39 is 34.9 Å². The first-order chi connectivity index (χ1) is 8.76. The van der Waals surface area contributed by atoms with Gasteiger partial charge in [-0.1, -0.05) is 0 Å². The molecular formula is C8H6F4IN5O. The highest BCUT2D eigenvalue weighted by Crippen LogP contribution is 2.26. The zero-order valence-electron chi connectivity index (χ0n) is 9.22. The fourth-order valence-electron chi connectivity index (χ4n) is 0.902. The van der Waals surface area contributed by atoms with Crippen LogP contribution >= 0.6 is 22.9 Å². The maximum absolute atomic E-state index is 13.2. The number of hydrogen-bond donors (Lipinski definition) is 2. The third-order valence-electron chi connectivity index (χ3n) is 1.55. The lowest BCUT2D eigenvalue weighted by atomic mass is 10.2. The topological polar surface area (TPSA) is 92.6 Å². The summed E-state index contributed by atoms with van der Waals surface area (Å²) in [5, 5.41) is 0. The van der Waals surface area contributed by atoms with Crippen molar-refractivity contribution in [3.05, 3.63) is 39.8 Å². The third-order valence-corrected chi connectivity index (χ3v) is 2.31. The van der Waals surface area contributed by atoms with Gasteiger partial charge in [0.15, 0.2) is 23.3 Å². The molecule has 6 nitrogen and oxygen atoms in total. The van der Waals surface area contributed by atoms with E-state index in [-0.39, 0.29) is 0 Å². The lowest BCUT2D eigenvalue weighted by molar-refractivity contribution is -0.118. The van der Waals surface area contributed by atoms with Gasteiger partial charge in [0.25, 0.3) is 0 Å². The molecule has 0 saturated heterocycles. The highest BCUT2D eigenvalue weighted by molar-refractivity contribution is 14.1. The van der Waals surface area contributed by atoms with Gasteiger partial charge in [-0.3, -0.25) is 10.2 Å². The van der Waals surface area contributed by atoms with Crippen molar-refractivity contribution in [3.8, 4) is 0 Å². The van der Waals surface area contributed by atoms with E-state index in [0.29, 0.717) is 6.07 Å². The fraction of sp³-hybridized carbons (Fsp3) is 0.125. The molecule has 0 aromatic heterocycles. The average molecular weight is 391 g/mol. The molecular weight excluding hydrogens is 385 g/mol. The van der Waals surface area contributed by atoms with Crippen molar-refractivity contribution in [3.63, 3.8) is 0 Å². The number of hydrogen-bond acceptors (Lipinski definition) is 3. The Bertz CT molecular complexity index is 520. The summed E-state index contributed by atoms with van der Waals surface area (Å²) in [6, 6.07) is 0.441. The normalized spacial score (nSPS) is 8.95. The second-order valence-electron chi connectivity index (χ2n) is 2.87. The van der Waals surface area contributed by atoms with Crippen LogP contribution in [0.5, 0.6) is 0 Å². The van der Waals surface area contributed by atoms with Crippen LogP contribution in [-0.2, 0) is 4.79 Å². The average Bonchev–Trinajstić information content (AvgIpc) is 2.31. The number of carbonyl (C=O) groups excluding carboxylic acids is 1. The Morgan fingerprint density at radius 3 is 2.26 bits per heavy atom. The van der Waals surface area contributed by atoms with E-state index in [1.165, 1.54) is 22.9 Å². The van der Waals surface area contributed by atoms with Crippen LogP contribution in [0.3, 0.4) is 0 Å². The van der Waals surface area contributed by atoms with E-state index in [0.717, 1.165) is 10.1 Å². The maximum Gasteiger partial charge on any atom is 0.236 e. The number of rotatable bonds is 2. The summed E-state index contributed by atoms with van der Waals surface area (Å²) in [6.45, 7) is 1.12. The van der Waals surface area contributed by atoms with Gasteiger partial charge in [0.2, 0.25) is 5.91 Å². The van der Waals surface area contributed by atoms with E-state index in [2.05, 4.69) is 5.43 Å². The molecule has 0 spiro atoms. The van der Waals surface area contributed by atoms with Crippen molar-refractivity contribution >= 4 is 34.5 Å². The predicted molar refractivity (Wildman–Crippen MR) is 66.0 cm³/mol. The first-order valence-electron chi connectivity index (χ1n) is 4.33. The van der Waals surface area contributed by atoms with Gasteiger partial charge in [0, 0.05) is 13.0 Å². The predicted octanol–water partition coefficient (Wildman–Crippen LogP) is 3.33. The van der Waals surface area contributed by atoms with Crippen LogP contribution in [0.1, 0.15) is 6.92 Å². The SMILES string of the molecule is CC(=O)NN(I)c1cc(F)c(F)c(F)c1F.[N-]=[N+]=N. The second kappa shape index (κ2) is 7.63. The number of nitrogens with one attached hydrogen (secondary N) is 2. The molecule has 0 radical (unpaired) electrons. The van der Waals surface area contributed by atoms with Crippen LogP contribution in [0.4, 0.5) is 23.2 Å². The number of halogens is 5. The Labute approximate surface area is 118 Å². The van der Waals surface area contributed by atoms with Gasteiger partial charge in [-0.05, 0) is 10.4 Å². The Kier molecular flexibility index (Phi) is 6.93. The van der Waals surface area contributed by atoms with Crippen molar-refractivity contribution in [1.29, 1.82) is 5.53 Å². The van der Waals surface area contributed by atoms with Crippen LogP contribution in [0.2, 0.25) is 0 Å². The number of hydrazine groups is 1. The second-order valence-corrected chi connectivity index (χ2v) is 3.83. The molecule has 0 aliphatic heterocycles. The van der Waals surface area contributed by atoms with Crippen molar-refractivity contribution in [2.24, 2.45) is 0 Å². The largest absolute Gasteiger partial charge is 0.274 e. The lowest BCUT2D eigenvalue weighted by Crippen LogP contribution is -2.33. The fourth-order valence-corrected chi connectivity index (χ4v) is 1.59. The highest BCUT2D eigenvalue weighted by atomic mass is 127. The van der Waals surface area contributed by atoms with Crippen molar-refractivity contribution < 1.29 is 22.4 Å². The van der Waals surface area contributed by atoms with Gasteiger partial charge >= 0.3 is 0 Å². The number of carbonyl (C=O) groups is 1. The van der Waals surface area contributed by atoms with Gasteiger partial charge in [0.1, 0.15) is 5.69 Å². The van der Waals surface area contributed by atoms with Gasteiger partial charge < -0.3 is 0 Å². The third kappa shape index (κ3) is 4.79. The molecule has 0 heterocycles. The summed E-state index contributed by atoms with van der Waals surface area (Å²) in [5.41, 5.74) is 13.7. The first-order valence-corrected chi connectivity index (χ1v) is 5.29. The Hall–Kier alpha value is -1.75. The molecule has 11 heteroatoms. The van der Waals surface area contributed by atoms with E-state index in [1.54, 1.807) is 4.91 Å². The first kappa shape index (κ1) is 17.2. The van der Waals surface area contributed by atoms with E-state index in [4.69, 9.17) is 11.1 Å². The van der Waals surface area contributed by atoms with Crippen LogP contribution in [0.25, 0.3) is 10.4 Å². The van der Waals surface area contributed by atoms with Crippen LogP contribution in [-0.4, -0.2) is 5.91 Å². The molecule has 0 bridgehead atoms. The molecule has 104 valence electrons. The minimum Gasteiger partial charge on any atom is -0.274 e. The molecule has 2 N–H and O–H groups in total. The molecule has 0 saturated carbocycles. The summed E-state index contributed by atoms with van der Waals surface area (Å²) in [5.74, 6) is -7.52. The molecule has 0 atom stereocenters. The quantitative estimate of drug-likeness (QED) is 0.0932. The molecule has 1 aromatic carbocycles. The molecule has 1 aromatic rings. The van der Waals surface area contributed by atoms with Gasteiger partial charge in [-0.15, -0.1) is 5.53 Å². The Morgan fingerprint density at radius 1 is 1.37 bits per heavy atom. The van der Waals surface area contributed by atoms with Gasteiger partial charge in [0.05, 0.1) is 22.9 Å². The minimum atomic E-state index is -1.93. The Balaban J connectivity index is 0.000000982. The molecule has 0 unspecified atom stereocenters. The Morgan fingerprint density at radius 2 is 1.84 bits per heavy atom. The van der Waals surface area contributed by atoms with E-state index in [9.17, 15) is 22.4 Å². The molecule has 1 amide bonds. The molecule has 19 heavy (non-hydrogen) atoms. The number of benzene rings is 1. The van der Waals surface area contributed by atoms with E-state index >= 15 is 0 Å². The van der Waals surface area contributed by atoms with E-state index in [1.807, 2.05) is 0 Å². The molecule has 1 rings (SSSR count). The summed E-state index contributed by atoms with van der Waals surface area (Å²) in [4.78, 5) is 12.4. The standard InChI is InChI=1S/C8H5F4IN2O.HN3/c1-3(16)14-15(13)5-2-4(9)6(10)8(12)7(5)11;1-3-2/h2H,1H3,(H,14,16);1H. The van der Waals surface area contributed by atoms with Crippen molar-refractivity contribution in [2.45, 2.75) is 6.92 Å². The van der Waals surface area contributed by atoms with Crippen molar-refractivity contribution in [2.75, 3.05) is 3.22 Å². The number of nitrogens with zero attached hydrogens (tertiary/aromatic N) is 3. The smallest absolute Gasteiger partial charge is 0.236 e. The highest BCUT2D eigenvalue weighted by Gasteiger charge is 2.22. The molecule has 0 fully saturated rings. The summed E-state index contributed by atoms with van der Waals surface area (Å²) in [6.07, 6.45) is 0. The van der Waals surface area contributed by atoms with Crippen LogP contribution < -0.4 is 8.65 Å². The van der Waals surface area contributed by atoms with Crippen molar-refractivity contribution in [1.82, 2.24) is 5.43 Å². The number of anilines is 1. The zero-order valence-corrected chi connectivity index (χ0v) is 11.4. The lowest BCUT2D eigenvalue weighted by Gasteiger charge is -2.17. The van der Waals surface area contributed by atoms with Crippen LogP contribution in [0, 0.1) is 28.8 Å². The minimum absolute atomic E-state index is 0.441. The molecule has 0 aliphatic carbocycles. The number of amides is 1. The zero-order chi connectivity index (χ0) is 15.2. The summed E-state index contributed by atoms with van der Waals surface area (Å²) < 4.78 is 52.1. The summed E-state index contributed by atoms with van der Waals surface area (Å²) >= 11 is 1.40. The monoisotopic (exact) mass is 391 g/mol. The summed E-state index contributed by atoms with van der Waals surface area (Å²) in [7, 11) is 0.